The van der Waals surface area contributed by atoms with Crippen LogP contribution in [0.5, 0.6) is 0 Å². The predicted molar refractivity (Wildman–Crippen MR) is 62.7 cm³/mol. The van der Waals surface area contributed by atoms with Crippen LogP contribution >= 0.6 is 15.9 Å². The SMILES string of the molecule is Cc1ccnc(N(C)C2CCC2)c1Br. The Labute approximate surface area is 93.5 Å². The zero-order chi connectivity index (χ0) is 10.1. The van der Waals surface area contributed by atoms with Gasteiger partial charge < -0.3 is 4.90 Å². The van der Waals surface area contributed by atoms with Crippen molar-refractivity contribution >= 4 is 21.7 Å². The summed E-state index contributed by atoms with van der Waals surface area (Å²) in [6, 6.07) is 2.72. The third-order valence-electron chi connectivity index (χ3n) is 3.02. The molecule has 0 radical (unpaired) electrons. The maximum atomic E-state index is 4.42. The van der Waals surface area contributed by atoms with Crippen LogP contribution in [0, 0.1) is 6.92 Å². The highest BCUT2D eigenvalue weighted by Gasteiger charge is 2.24. The van der Waals surface area contributed by atoms with E-state index in [1.165, 1.54) is 24.8 Å². The molecule has 1 aliphatic rings. The molecule has 0 aromatic carbocycles. The zero-order valence-electron chi connectivity index (χ0n) is 8.63. The Balaban J connectivity index is 2.26. The molecule has 1 aromatic heterocycles. The summed E-state index contributed by atoms with van der Waals surface area (Å²) in [5, 5.41) is 0. The molecule has 2 rings (SSSR count). The van der Waals surface area contributed by atoms with Gasteiger partial charge in [0.05, 0.1) is 4.47 Å². The van der Waals surface area contributed by atoms with Gasteiger partial charge in [0, 0.05) is 19.3 Å². The smallest absolute Gasteiger partial charge is 0.143 e. The van der Waals surface area contributed by atoms with Gasteiger partial charge in [-0.1, -0.05) is 0 Å². The number of aryl methyl sites for hydroxylation is 1. The molecule has 0 saturated heterocycles. The standard InChI is InChI=1S/C11H15BrN2/c1-8-6-7-13-11(10(8)12)14(2)9-4-3-5-9/h6-7,9H,3-5H2,1-2H3. The van der Waals surface area contributed by atoms with E-state index in [9.17, 15) is 0 Å². The van der Waals surface area contributed by atoms with Crippen molar-refractivity contribution in [3.8, 4) is 0 Å². The number of aromatic nitrogens is 1. The van der Waals surface area contributed by atoms with Crippen LogP contribution < -0.4 is 4.90 Å². The van der Waals surface area contributed by atoms with Gasteiger partial charge in [-0.3, -0.25) is 0 Å². The summed E-state index contributed by atoms with van der Waals surface area (Å²) in [4.78, 5) is 6.71. The van der Waals surface area contributed by atoms with E-state index in [1.807, 2.05) is 12.3 Å². The number of anilines is 1. The Hall–Kier alpha value is -0.570. The lowest BCUT2D eigenvalue weighted by molar-refractivity contribution is 0.399. The molecular weight excluding hydrogens is 240 g/mol. The molecule has 0 unspecified atom stereocenters. The number of rotatable bonds is 2. The van der Waals surface area contributed by atoms with E-state index >= 15 is 0 Å². The van der Waals surface area contributed by atoms with E-state index in [1.54, 1.807) is 0 Å². The first-order chi connectivity index (χ1) is 6.70. The number of nitrogens with zero attached hydrogens (tertiary/aromatic N) is 2. The van der Waals surface area contributed by atoms with Crippen LogP contribution in [0.2, 0.25) is 0 Å². The van der Waals surface area contributed by atoms with Crippen molar-refractivity contribution in [2.75, 3.05) is 11.9 Å². The Morgan fingerprint density at radius 3 is 2.79 bits per heavy atom. The van der Waals surface area contributed by atoms with Gasteiger partial charge in [-0.25, -0.2) is 4.98 Å². The maximum absolute atomic E-state index is 4.42. The molecular formula is C11H15BrN2. The fourth-order valence-electron chi connectivity index (χ4n) is 1.72. The molecule has 0 aliphatic heterocycles. The predicted octanol–water partition coefficient (Wildman–Crippen LogP) is 3.14. The molecule has 1 heterocycles. The minimum absolute atomic E-state index is 0.695. The van der Waals surface area contributed by atoms with Gasteiger partial charge in [-0.05, 0) is 53.7 Å². The summed E-state index contributed by atoms with van der Waals surface area (Å²) >= 11 is 3.60. The Morgan fingerprint density at radius 1 is 1.50 bits per heavy atom. The molecule has 0 bridgehead atoms. The summed E-state index contributed by atoms with van der Waals surface area (Å²) in [7, 11) is 2.14. The third-order valence-corrected chi connectivity index (χ3v) is 4.00. The van der Waals surface area contributed by atoms with E-state index in [0.29, 0.717) is 6.04 Å². The Morgan fingerprint density at radius 2 is 2.21 bits per heavy atom. The van der Waals surface area contributed by atoms with Gasteiger partial charge in [0.15, 0.2) is 0 Å². The van der Waals surface area contributed by atoms with Crippen molar-refractivity contribution in [2.24, 2.45) is 0 Å². The molecule has 14 heavy (non-hydrogen) atoms. The summed E-state index contributed by atoms with van der Waals surface area (Å²) in [6.07, 6.45) is 5.85. The monoisotopic (exact) mass is 254 g/mol. The Bertz CT molecular complexity index is 334. The van der Waals surface area contributed by atoms with E-state index in [2.05, 4.69) is 39.8 Å². The summed E-state index contributed by atoms with van der Waals surface area (Å²) < 4.78 is 1.13. The van der Waals surface area contributed by atoms with E-state index < -0.39 is 0 Å². The summed E-state index contributed by atoms with van der Waals surface area (Å²) in [5.74, 6) is 1.08. The van der Waals surface area contributed by atoms with E-state index in [-0.39, 0.29) is 0 Å². The molecule has 1 saturated carbocycles. The molecule has 0 amide bonds. The third kappa shape index (κ3) is 1.65. The van der Waals surface area contributed by atoms with Crippen molar-refractivity contribution < 1.29 is 0 Å². The molecule has 1 aliphatic carbocycles. The van der Waals surface area contributed by atoms with Crippen molar-refractivity contribution in [1.29, 1.82) is 0 Å². The first-order valence-corrected chi connectivity index (χ1v) is 5.83. The van der Waals surface area contributed by atoms with Gasteiger partial charge in [0.1, 0.15) is 5.82 Å². The average Bonchev–Trinajstić information content (AvgIpc) is 2.06. The minimum atomic E-state index is 0.695. The van der Waals surface area contributed by atoms with E-state index in [4.69, 9.17) is 0 Å². The van der Waals surface area contributed by atoms with Crippen LogP contribution in [0.15, 0.2) is 16.7 Å². The lowest BCUT2D eigenvalue weighted by atomic mass is 9.92. The number of hydrogen-bond donors (Lipinski definition) is 0. The van der Waals surface area contributed by atoms with Crippen LogP contribution in [-0.2, 0) is 0 Å². The van der Waals surface area contributed by atoms with Crippen LogP contribution in [0.3, 0.4) is 0 Å². The topological polar surface area (TPSA) is 16.1 Å². The highest BCUT2D eigenvalue weighted by molar-refractivity contribution is 9.10. The second kappa shape index (κ2) is 3.89. The number of hydrogen-bond acceptors (Lipinski definition) is 2. The molecule has 3 heteroatoms. The van der Waals surface area contributed by atoms with Crippen molar-refractivity contribution in [1.82, 2.24) is 4.98 Å². The van der Waals surface area contributed by atoms with Gasteiger partial charge >= 0.3 is 0 Å². The van der Waals surface area contributed by atoms with Crippen LogP contribution in [-0.4, -0.2) is 18.1 Å². The second-order valence-electron chi connectivity index (χ2n) is 3.96. The van der Waals surface area contributed by atoms with E-state index in [0.717, 1.165) is 10.3 Å². The first kappa shape index (κ1) is 9.97. The maximum Gasteiger partial charge on any atom is 0.143 e. The number of pyridine rings is 1. The average molecular weight is 255 g/mol. The van der Waals surface area contributed by atoms with Crippen LogP contribution in [0.4, 0.5) is 5.82 Å². The fourth-order valence-corrected chi connectivity index (χ4v) is 2.23. The molecule has 0 atom stereocenters. The fraction of sp³-hybridized carbons (Fsp3) is 0.545. The molecule has 1 fully saturated rings. The molecule has 0 N–H and O–H groups in total. The molecule has 76 valence electrons. The Kier molecular flexibility index (Phi) is 2.77. The second-order valence-corrected chi connectivity index (χ2v) is 4.75. The highest BCUT2D eigenvalue weighted by atomic mass is 79.9. The zero-order valence-corrected chi connectivity index (χ0v) is 10.2. The van der Waals surface area contributed by atoms with Gasteiger partial charge in [0.25, 0.3) is 0 Å². The largest absolute Gasteiger partial charge is 0.356 e. The quantitative estimate of drug-likeness (QED) is 0.807. The van der Waals surface area contributed by atoms with Crippen molar-refractivity contribution in [3.05, 3.63) is 22.3 Å². The van der Waals surface area contributed by atoms with Crippen molar-refractivity contribution in [3.63, 3.8) is 0 Å². The normalized spacial score (nSPS) is 16.5. The molecule has 0 spiro atoms. The minimum Gasteiger partial charge on any atom is -0.356 e. The first-order valence-electron chi connectivity index (χ1n) is 5.04. The van der Waals surface area contributed by atoms with Crippen LogP contribution in [0.1, 0.15) is 24.8 Å². The molecule has 1 aromatic rings. The highest BCUT2D eigenvalue weighted by Crippen LogP contribution is 2.32. The lowest BCUT2D eigenvalue weighted by Crippen LogP contribution is -2.37. The summed E-state index contributed by atoms with van der Waals surface area (Å²) in [6.45, 7) is 2.10. The van der Waals surface area contributed by atoms with Gasteiger partial charge in [-0.15, -0.1) is 0 Å². The lowest BCUT2D eigenvalue weighted by Gasteiger charge is -2.36. The van der Waals surface area contributed by atoms with Crippen LogP contribution in [0.25, 0.3) is 0 Å². The van der Waals surface area contributed by atoms with Gasteiger partial charge in [0.2, 0.25) is 0 Å². The summed E-state index contributed by atoms with van der Waals surface area (Å²) in [5.41, 5.74) is 1.25. The van der Waals surface area contributed by atoms with Crippen molar-refractivity contribution in [2.45, 2.75) is 32.2 Å². The number of halogens is 1. The molecule has 2 nitrogen and oxygen atoms in total. The van der Waals surface area contributed by atoms with Gasteiger partial charge in [-0.2, -0.15) is 0 Å².